The van der Waals surface area contributed by atoms with Gasteiger partial charge >= 0.3 is 0 Å². The first kappa shape index (κ1) is 16.2. The molecule has 0 aromatic carbocycles. The van der Waals surface area contributed by atoms with Crippen molar-refractivity contribution in [2.45, 2.75) is 84.0 Å². The highest BCUT2D eigenvalue weighted by Crippen LogP contribution is 2.41. The van der Waals surface area contributed by atoms with Crippen LogP contribution in [0.2, 0.25) is 0 Å². The molecular formula is C20H32O2. The van der Waals surface area contributed by atoms with Crippen LogP contribution in [0.1, 0.15) is 84.0 Å². The molecule has 3 aliphatic rings. The zero-order chi connectivity index (χ0) is 15.5. The largest absolute Gasteiger partial charge is 0.291 e. The van der Waals surface area contributed by atoms with E-state index in [0.717, 1.165) is 43.9 Å². The van der Waals surface area contributed by atoms with Gasteiger partial charge in [0.05, 0.1) is 0 Å². The van der Waals surface area contributed by atoms with Gasteiger partial charge in [-0.3, -0.25) is 9.59 Å². The quantitative estimate of drug-likeness (QED) is 0.691. The predicted molar refractivity (Wildman–Crippen MR) is 88.5 cm³/mol. The summed E-state index contributed by atoms with van der Waals surface area (Å²) in [6, 6.07) is 0. The molecule has 0 aromatic rings. The van der Waals surface area contributed by atoms with Crippen LogP contribution in [0.4, 0.5) is 0 Å². The zero-order valence-corrected chi connectivity index (χ0v) is 14.2. The lowest BCUT2D eigenvalue weighted by Gasteiger charge is -2.29. The van der Waals surface area contributed by atoms with Crippen LogP contribution in [0.5, 0.6) is 0 Å². The summed E-state index contributed by atoms with van der Waals surface area (Å²) in [4.78, 5) is 25.3. The Morgan fingerprint density at radius 1 is 0.636 bits per heavy atom. The molecule has 4 unspecified atom stereocenters. The van der Waals surface area contributed by atoms with Crippen molar-refractivity contribution in [2.75, 3.05) is 0 Å². The van der Waals surface area contributed by atoms with Crippen molar-refractivity contribution in [2.24, 2.45) is 29.6 Å². The summed E-state index contributed by atoms with van der Waals surface area (Å²) in [5, 5.41) is 0. The second-order valence-corrected chi connectivity index (χ2v) is 8.35. The van der Waals surface area contributed by atoms with Gasteiger partial charge in [0.2, 0.25) is 11.6 Å². The molecule has 124 valence electrons. The van der Waals surface area contributed by atoms with Crippen molar-refractivity contribution < 1.29 is 9.59 Å². The molecule has 0 radical (unpaired) electrons. The first-order valence-corrected chi connectivity index (χ1v) is 9.73. The zero-order valence-electron chi connectivity index (χ0n) is 14.2. The number of carbonyl (C=O) groups excluding carboxylic acids is 2. The molecule has 0 spiro atoms. The van der Waals surface area contributed by atoms with Gasteiger partial charge in [0, 0.05) is 11.8 Å². The van der Waals surface area contributed by atoms with Crippen LogP contribution < -0.4 is 0 Å². The van der Waals surface area contributed by atoms with E-state index < -0.39 is 0 Å². The van der Waals surface area contributed by atoms with Crippen LogP contribution in [0, 0.1) is 29.6 Å². The smallest absolute Gasteiger partial charge is 0.201 e. The number of carbonyl (C=O) groups is 2. The van der Waals surface area contributed by atoms with Crippen molar-refractivity contribution in [3.63, 3.8) is 0 Å². The Labute approximate surface area is 135 Å². The number of ketones is 2. The number of hydrogen-bond donors (Lipinski definition) is 0. The SMILES string of the molecule is CC1CCCC(C(=O)C(=O)C2CCC3CCCCC3CC2)C1. The minimum absolute atomic E-state index is 0.00209. The van der Waals surface area contributed by atoms with Gasteiger partial charge in [-0.2, -0.15) is 0 Å². The summed E-state index contributed by atoms with van der Waals surface area (Å²) >= 11 is 0. The van der Waals surface area contributed by atoms with Crippen molar-refractivity contribution in [3.05, 3.63) is 0 Å². The monoisotopic (exact) mass is 304 g/mol. The van der Waals surface area contributed by atoms with E-state index in [0.29, 0.717) is 5.92 Å². The molecule has 3 saturated carbocycles. The molecule has 0 heterocycles. The van der Waals surface area contributed by atoms with Crippen LogP contribution in [-0.2, 0) is 9.59 Å². The maximum atomic E-state index is 12.7. The molecule has 3 rings (SSSR count). The molecule has 2 nitrogen and oxygen atoms in total. The molecule has 4 atom stereocenters. The summed E-state index contributed by atoms with van der Waals surface area (Å²) in [6.45, 7) is 2.22. The van der Waals surface area contributed by atoms with Gasteiger partial charge in [-0.1, -0.05) is 45.4 Å². The standard InChI is InChI=1S/C20H32O2/c1-14-5-4-8-18(13-14)20(22)19(21)17-11-9-15-6-2-3-7-16(15)10-12-17/h14-18H,2-13H2,1H3. The van der Waals surface area contributed by atoms with Crippen LogP contribution in [0.3, 0.4) is 0 Å². The summed E-state index contributed by atoms with van der Waals surface area (Å²) in [5.74, 6) is 2.39. The third kappa shape index (κ3) is 3.63. The van der Waals surface area contributed by atoms with E-state index in [1.165, 1.54) is 44.9 Å². The summed E-state index contributed by atoms with van der Waals surface area (Å²) < 4.78 is 0. The Morgan fingerprint density at radius 3 is 1.82 bits per heavy atom. The highest BCUT2D eigenvalue weighted by Gasteiger charge is 2.36. The third-order valence-electron chi connectivity index (χ3n) is 6.76. The summed E-state index contributed by atoms with van der Waals surface area (Å²) in [7, 11) is 0. The first-order valence-electron chi connectivity index (χ1n) is 9.73. The molecule has 0 aliphatic heterocycles. The molecule has 0 saturated heterocycles. The fourth-order valence-electron chi connectivity index (χ4n) is 5.36. The highest BCUT2D eigenvalue weighted by atomic mass is 16.2. The van der Waals surface area contributed by atoms with E-state index in [9.17, 15) is 9.59 Å². The molecule has 0 aromatic heterocycles. The van der Waals surface area contributed by atoms with Crippen LogP contribution >= 0.6 is 0 Å². The van der Waals surface area contributed by atoms with Gasteiger partial charge in [-0.15, -0.1) is 0 Å². The van der Waals surface area contributed by atoms with Crippen molar-refractivity contribution in [3.8, 4) is 0 Å². The highest BCUT2D eigenvalue weighted by molar-refractivity contribution is 6.38. The van der Waals surface area contributed by atoms with E-state index in [4.69, 9.17) is 0 Å². The Balaban J connectivity index is 1.58. The summed E-state index contributed by atoms with van der Waals surface area (Å²) in [6.07, 6.45) is 14.1. The maximum absolute atomic E-state index is 12.7. The molecule has 22 heavy (non-hydrogen) atoms. The minimum Gasteiger partial charge on any atom is -0.291 e. The van der Waals surface area contributed by atoms with E-state index >= 15 is 0 Å². The summed E-state index contributed by atoms with van der Waals surface area (Å²) in [5.41, 5.74) is 0. The van der Waals surface area contributed by atoms with Crippen molar-refractivity contribution >= 4 is 11.6 Å². The van der Waals surface area contributed by atoms with Crippen molar-refractivity contribution in [1.29, 1.82) is 0 Å². The van der Waals surface area contributed by atoms with Gasteiger partial charge in [-0.05, 0) is 56.3 Å². The lowest BCUT2D eigenvalue weighted by Crippen LogP contribution is -2.32. The van der Waals surface area contributed by atoms with Gasteiger partial charge in [0.15, 0.2) is 0 Å². The number of rotatable bonds is 3. The Hall–Kier alpha value is -0.660. The Bertz CT molecular complexity index is 398. The van der Waals surface area contributed by atoms with E-state index in [1.54, 1.807) is 0 Å². The first-order chi connectivity index (χ1) is 10.6. The average Bonchev–Trinajstić information content (AvgIpc) is 2.76. The number of Topliss-reactive ketones (excluding diaryl/α,β-unsaturated/α-hetero) is 2. The molecule has 0 bridgehead atoms. The number of fused-ring (bicyclic) bond motifs is 1. The lowest BCUT2D eigenvalue weighted by atomic mass is 9.77. The van der Waals surface area contributed by atoms with Crippen LogP contribution in [0.25, 0.3) is 0 Å². The number of hydrogen-bond acceptors (Lipinski definition) is 2. The fourth-order valence-corrected chi connectivity index (χ4v) is 5.36. The van der Waals surface area contributed by atoms with Gasteiger partial charge in [-0.25, -0.2) is 0 Å². The Kier molecular flexibility index (Phi) is 5.36. The van der Waals surface area contributed by atoms with E-state index in [2.05, 4.69) is 6.92 Å². The minimum atomic E-state index is -0.0126. The van der Waals surface area contributed by atoms with Gasteiger partial charge in [0.1, 0.15) is 0 Å². The second kappa shape index (κ2) is 7.27. The maximum Gasteiger partial charge on any atom is 0.201 e. The molecule has 0 amide bonds. The fraction of sp³-hybridized carbons (Fsp3) is 0.900. The van der Waals surface area contributed by atoms with Gasteiger partial charge in [0.25, 0.3) is 0 Å². The van der Waals surface area contributed by atoms with Crippen LogP contribution in [-0.4, -0.2) is 11.6 Å². The molecule has 2 heteroatoms. The average molecular weight is 304 g/mol. The van der Waals surface area contributed by atoms with Crippen molar-refractivity contribution in [1.82, 2.24) is 0 Å². The molecule has 0 N–H and O–H groups in total. The topological polar surface area (TPSA) is 34.1 Å². The third-order valence-corrected chi connectivity index (χ3v) is 6.76. The Morgan fingerprint density at radius 2 is 1.23 bits per heavy atom. The normalized spacial score (nSPS) is 39.6. The molecular weight excluding hydrogens is 272 g/mol. The molecule has 3 aliphatic carbocycles. The van der Waals surface area contributed by atoms with E-state index in [1.807, 2.05) is 0 Å². The van der Waals surface area contributed by atoms with E-state index in [-0.39, 0.29) is 23.4 Å². The predicted octanol–water partition coefficient (Wildman–Crippen LogP) is 4.95. The van der Waals surface area contributed by atoms with Crippen LogP contribution in [0.15, 0.2) is 0 Å². The van der Waals surface area contributed by atoms with Gasteiger partial charge < -0.3 is 0 Å². The lowest BCUT2D eigenvalue weighted by molar-refractivity contribution is -0.142. The second-order valence-electron chi connectivity index (χ2n) is 8.35. The molecule has 3 fully saturated rings.